The van der Waals surface area contributed by atoms with E-state index in [1.807, 2.05) is 6.92 Å². The summed E-state index contributed by atoms with van der Waals surface area (Å²) in [5, 5.41) is 12.5. The predicted octanol–water partition coefficient (Wildman–Crippen LogP) is 2.95. The van der Waals surface area contributed by atoms with E-state index in [2.05, 4.69) is 12.2 Å². The summed E-state index contributed by atoms with van der Waals surface area (Å²) >= 11 is 0. The number of rotatable bonds is 7. The highest BCUT2D eigenvalue weighted by Gasteiger charge is 2.19. The van der Waals surface area contributed by atoms with E-state index >= 15 is 0 Å². The molecule has 0 aliphatic carbocycles. The molecule has 1 aromatic rings. The van der Waals surface area contributed by atoms with Gasteiger partial charge in [0.05, 0.1) is 6.10 Å². The lowest BCUT2D eigenvalue weighted by Gasteiger charge is -2.20. The van der Waals surface area contributed by atoms with Crippen molar-refractivity contribution in [2.45, 2.75) is 58.8 Å². The maximum Gasteiger partial charge on any atom is 0.260 e. The molecular formula is C16H24FNO3. The fraction of sp³-hybridized carbons (Fsp3) is 0.562. The number of aliphatic hydroxyl groups excluding tert-OH is 1. The first-order chi connectivity index (χ1) is 9.85. The molecule has 2 unspecified atom stereocenters. The molecule has 0 heterocycles. The summed E-state index contributed by atoms with van der Waals surface area (Å²) in [6.07, 6.45) is 0.298. The standard InChI is InChI=1S/C16H24FNO3/c1-5-6-10(2)18-16(20)12(4)21-15-8-7-13(17)9-14(15)11(3)19/h7-12,19H,5-6H2,1-4H3,(H,18,20)/t10?,11-,12?/m0/s1. The molecule has 5 heteroatoms. The third-order valence-electron chi connectivity index (χ3n) is 3.21. The van der Waals surface area contributed by atoms with E-state index in [-0.39, 0.29) is 11.9 Å². The Hall–Kier alpha value is -1.62. The molecule has 4 nitrogen and oxygen atoms in total. The van der Waals surface area contributed by atoms with E-state index in [0.29, 0.717) is 11.3 Å². The van der Waals surface area contributed by atoms with Crippen molar-refractivity contribution < 1.29 is 19.0 Å². The lowest BCUT2D eigenvalue weighted by Crippen LogP contribution is -2.41. The molecular weight excluding hydrogens is 273 g/mol. The normalized spacial score (nSPS) is 15.1. The molecule has 3 atom stereocenters. The van der Waals surface area contributed by atoms with Gasteiger partial charge in [0.15, 0.2) is 6.10 Å². The van der Waals surface area contributed by atoms with Crippen molar-refractivity contribution >= 4 is 5.91 Å². The average molecular weight is 297 g/mol. The number of hydrogen-bond acceptors (Lipinski definition) is 3. The van der Waals surface area contributed by atoms with E-state index in [1.165, 1.54) is 25.1 Å². The highest BCUT2D eigenvalue weighted by Crippen LogP contribution is 2.26. The van der Waals surface area contributed by atoms with Crippen LogP contribution in [0.4, 0.5) is 4.39 Å². The minimum atomic E-state index is -0.870. The molecule has 0 aliphatic rings. The van der Waals surface area contributed by atoms with Crippen LogP contribution in [0.1, 0.15) is 52.2 Å². The Labute approximate surface area is 125 Å². The van der Waals surface area contributed by atoms with Crippen LogP contribution < -0.4 is 10.1 Å². The first kappa shape index (κ1) is 17.4. The van der Waals surface area contributed by atoms with E-state index in [1.54, 1.807) is 6.92 Å². The number of ether oxygens (including phenoxy) is 1. The smallest absolute Gasteiger partial charge is 0.260 e. The third-order valence-corrected chi connectivity index (χ3v) is 3.21. The molecule has 0 saturated heterocycles. The molecule has 0 aromatic heterocycles. The highest BCUT2D eigenvalue weighted by molar-refractivity contribution is 5.81. The molecule has 118 valence electrons. The van der Waals surface area contributed by atoms with Crippen molar-refractivity contribution in [1.29, 1.82) is 0 Å². The van der Waals surface area contributed by atoms with Crippen LogP contribution in [0.2, 0.25) is 0 Å². The molecule has 0 bridgehead atoms. The number of benzene rings is 1. The van der Waals surface area contributed by atoms with E-state index in [9.17, 15) is 14.3 Å². The number of aliphatic hydroxyl groups is 1. The second-order valence-corrected chi connectivity index (χ2v) is 5.32. The zero-order valence-corrected chi connectivity index (χ0v) is 13.0. The molecule has 0 radical (unpaired) electrons. The summed E-state index contributed by atoms with van der Waals surface area (Å²) in [7, 11) is 0. The minimum absolute atomic E-state index is 0.0815. The number of hydrogen-bond donors (Lipinski definition) is 2. The Morgan fingerprint density at radius 2 is 2.05 bits per heavy atom. The number of halogens is 1. The molecule has 0 spiro atoms. The largest absolute Gasteiger partial charge is 0.481 e. The molecule has 1 amide bonds. The Balaban J connectivity index is 2.74. The summed E-state index contributed by atoms with van der Waals surface area (Å²) < 4.78 is 18.8. The maximum atomic E-state index is 13.2. The number of amides is 1. The first-order valence-corrected chi connectivity index (χ1v) is 7.29. The highest BCUT2D eigenvalue weighted by atomic mass is 19.1. The minimum Gasteiger partial charge on any atom is -0.481 e. The quantitative estimate of drug-likeness (QED) is 0.813. The van der Waals surface area contributed by atoms with Gasteiger partial charge < -0.3 is 15.2 Å². The lowest BCUT2D eigenvalue weighted by molar-refractivity contribution is -0.128. The van der Waals surface area contributed by atoms with Gasteiger partial charge in [-0.15, -0.1) is 0 Å². The summed E-state index contributed by atoms with van der Waals surface area (Å²) in [6.45, 7) is 7.14. The van der Waals surface area contributed by atoms with Crippen molar-refractivity contribution in [2.24, 2.45) is 0 Å². The van der Waals surface area contributed by atoms with Gasteiger partial charge >= 0.3 is 0 Å². The predicted molar refractivity (Wildman–Crippen MR) is 79.6 cm³/mol. The van der Waals surface area contributed by atoms with Crippen LogP contribution in [-0.4, -0.2) is 23.2 Å². The van der Waals surface area contributed by atoms with Crippen molar-refractivity contribution in [3.8, 4) is 5.75 Å². The summed E-state index contributed by atoms with van der Waals surface area (Å²) in [6, 6.07) is 3.96. The number of nitrogens with one attached hydrogen (secondary N) is 1. The van der Waals surface area contributed by atoms with Crippen LogP contribution in [0.25, 0.3) is 0 Å². The Morgan fingerprint density at radius 3 is 2.62 bits per heavy atom. The summed E-state index contributed by atoms with van der Waals surface area (Å²) in [4.78, 5) is 12.0. The van der Waals surface area contributed by atoms with Crippen LogP contribution in [0.3, 0.4) is 0 Å². The summed E-state index contributed by atoms with van der Waals surface area (Å²) in [5.74, 6) is -0.360. The SMILES string of the molecule is CCCC(C)NC(=O)C(C)Oc1ccc(F)cc1[C@H](C)O. The Morgan fingerprint density at radius 1 is 1.38 bits per heavy atom. The van der Waals surface area contributed by atoms with E-state index in [0.717, 1.165) is 12.8 Å². The topological polar surface area (TPSA) is 58.6 Å². The molecule has 1 aromatic carbocycles. The first-order valence-electron chi connectivity index (χ1n) is 7.29. The zero-order chi connectivity index (χ0) is 16.0. The Bertz CT molecular complexity index is 477. The lowest BCUT2D eigenvalue weighted by atomic mass is 10.1. The van der Waals surface area contributed by atoms with Gasteiger partial charge in [0.25, 0.3) is 5.91 Å². The molecule has 21 heavy (non-hydrogen) atoms. The van der Waals surface area contributed by atoms with E-state index in [4.69, 9.17) is 4.74 Å². The van der Waals surface area contributed by atoms with Gasteiger partial charge in [-0.1, -0.05) is 13.3 Å². The number of carbonyl (C=O) groups excluding carboxylic acids is 1. The second kappa shape index (κ2) is 7.98. The molecule has 0 fully saturated rings. The second-order valence-electron chi connectivity index (χ2n) is 5.32. The monoisotopic (exact) mass is 297 g/mol. The Kier molecular flexibility index (Phi) is 6.62. The van der Waals surface area contributed by atoms with Crippen molar-refractivity contribution in [3.05, 3.63) is 29.6 Å². The van der Waals surface area contributed by atoms with Crippen LogP contribution in [-0.2, 0) is 4.79 Å². The molecule has 0 aliphatic heterocycles. The maximum absolute atomic E-state index is 13.2. The fourth-order valence-corrected chi connectivity index (χ4v) is 2.06. The van der Waals surface area contributed by atoms with Crippen molar-refractivity contribution in [2.75, 3.05) is 0 Å². The molecule has 1 rings (SSSR count). The van der Waals surface area contributed by atoms with Gasteiger partial charge in [-0.05, 0) is 45.4 Å². The molecule has 0 saturated carbocycles. The third kappa shape index (κ3) is 5.34. The van der Waals surface area contributed by atoms with E-state index < -0.39 is 18.0 Å². The molecule has 2 N–H and O–H groups in total. The average Bonchev–Trinajstić information content (AvgIpc) is 2.40. The van der Waals surface area contributed by atoms with Gasteiger partial charge in [0, 0.05) is 11.6 Å². The van der Waals surface area contributed by atoms with Gasteiger partial charge in [0.2, 0.25) is 0 Å². The van der Waals surface area contributed by atoms with Crippen LogP contribution >= 0.6 is 0 Å². The summed E-state index contributed by atoms with van der Waals surface area (Å²) in [5.41, 5.74) is 0.330. The van der Waals surface area contributed by atoms with Gasteiger partial charge in [-0.25, -0.2) is 4.39 Å². The van der Waals surface area contributed by atoms with Crippen molar-refractivity contribution in [1.82, 2.24) is 5.32 Å². The van der Waals surface area contributed by atoms with Crippen LogP contribution in [0.15, 0.2) is 18.2 Å². The fourth-order valence-electron chi connectivity index (χ4n) is 2.06. The van der Waals surface area contributed by atoms with Crippen LogP contribution in [0.5, 0.6) is 5.75 Å². The van der Waals surface area contributed by atoms with Crippen molar-refractivity contribution in [3.63, 3.8) is 0 Å². The van der Waals surface area contributed by atoms with Gasteiger partial charge in [-0.3, -0.25) is 4.79 Å². The van der Waals surface area contributed by atoms with Gasteiger partial charge in [-0.2, -0.15) is 0 Å². The van der Waals surface area contributed by atoms with Gasteiger partial charge in [0.1, 0.15) is 11.6 Å². The zero-order valence-electron chi connectivity index (χ0n) is 13.0. The number of carbonyl (C=O) groups is 1. The van der Waals surface area contributed by atoms with Crippen LogP contribution in [0, 0.1) is 5.82 Å².